The first-order chi connectivity index (χ1) is 8.63. The summed E-state index contributed by atoms with van der Waals surface area (Å²) in [6, 6.07) is 0. The van der Waals surface area contributed by atoms with Crippen molar-refractivity contribution in [1.82, 2.24) is 9.38 Å². The zero-order chi connectivity index (χ0) is 12.6. The van der Waals surface area contributed by atoms with Crippen LogP contribution < -0.4 is 4.74 Å². The molecule has 0 aliphatic heterocycles. The number of ketones is 2. The zero-order valence-electron chi connectivity index (χ0n) is 9.77. The average molecular weight is 240 g/mol. The highest BCUT2D eigenvalue weighted by Gasteiger charge is 2.35. The summed E-state index contributed by atoms with van der Waals surface area (Å²) in [6.07, 6.45) is 3.14. The second kappa shape index (κ2) is 2.69. The van der Waals surface area contributed by atoms with Crippen molar-refractivity contribution in [2.45, 2.75) is 6.92 Å². The number of carbonyl (C=O) groups excluding carboxylic acids is 2. The van der Waals surface area contributed by atoms with Crippen LogP contribution in [0.4, 0.5) is 0 Å². The van der Waals surface area contributed by atoms with Crippen LogP contribution in [0.1, 0.15) is 27.8 Å². The highest BCUT2D eigenvalue weighted by atomic mass is 16.5. The van der Waals surface area contributed by atoms with Gasteiger partial charge in [0.15, 0.2) is 11.5 Å². The van der Waals surface area contributed by atoms with Crippen molar-refractivity contribution in [2.75, 3.05) is 7.11 Å². The number of rotatable bonds is 1. The maximum absolute atomic E-state index is 12.2. The van der Waals surface area contributed by atoms with Gasteiger partial charge in [0.25, 0.3) is 0 Å². The Labute approximate surface area is 101 Å². The van der Waals surface area contributed by atoms with Gasteiger partial charge in [0.05, 0.1) is 12.7 Å². The molecule has 0 radical (unpaired) electrons. The molecule has 0 saturated heterocycles. The van der Waals surface area contributed by atoms with Gasteiger partial charge < -0.3 is 9.14 Å². The molecule has 88 valence electrons. The zero-order valence-corrected chi connectivity index (χ0v) is 9.77. The highest BCUT2D eigenvalue weighted by molar-refractivity contribution is 6.27. The van der Waals surface area contributed by atoms with E-state index in [2.05, 4.69) is 4.98 Å². The molecule has 0 spiro atoms. The number of carbonyl (C=O) groups is 2. The summed E-state index contributed by atoms with van der Waals surface area (Å²) in [5.74, 6) is 0.138. The molecule has 0 fully saturated rings. The highest BCUT2D eigenvalue weighted by Crippen LogP contribution is 2.41. The van der Waals surface area contributed by atoms with E-state index in [-0.39, 0.29) is 11.6 Å². The normalized spacial score (nSPS) is 15.8. The molecule has 0 atom stereocenters. The SMILES string of the molecule is COc1c2c(n3cc4nc4c13)C(=O)C(C)=CC2=O. The van der Waals surface area contributed by atoms with E-state index >= 15 is 0 Å². The Balaban J connectivity index is 2.21. The average Bonchev–Trinajstić information content (AvgIpc) is 2.87. The third kappa shape index (κ3) is 0.873. The van der Waals surface area contributed by atoms with Gasteiger partial charge in [-0.2, -0.15) is 0 Å². The summed E-state index contributed by atoms with van der Waals surface area (Å²) < 4.78 is 7.03. The van der Waals surface area contributed by atoms with Crippen LogP contribution in [0.25, 0.3) is 16.6 Å². The van der Waals surface area contributed by atoms with Crippen LogP contribution in [-0.2, 0) is 0 Å². The monoisotopic (exact) mass is 240 g/mol. The van der Waals surface area contributed by atoms with E-state index in [0.29, 0.717) is 22.6 Å². The minimum Gasteiger partial charge on any atom is -0.494 e. The molecule has 1 aliphatic rings. The summed E-state index contributed by atoms with van der Waals surface area (Å²) in [6.45, 7) is 1.65. The van der Waals surface area contributed by atoms with Crippen LogP contribution in [0.3, 0.4) is 0 Å². The number of allylic oxidation sites excluding steroid dienone is 2. The topological polar surface area (TPSA) is 60.7 Å². The van der Waals surface area contributed by atoms with E-state index in [1.165, 1.54) is 13.2 Å². The van der Waals surface area contributed by atoms with E-state index in [1.807, 2.05) is 0 Å². The molecule has 5 heteroatoms. The summed E-state index contributed by atoms with van der Waals surface area (Å²) in [5.41, 5.74) is 3.61. The lowest BCUT2D eigenvalue weighted by Gasteiger charge is -2.09. The van der Waals surface area contributed by atoms with Gasteiger partial charge in [0.2, 0.25) is 5.78 Å². The van der Waals surface area contributed by atoms with Crippen molar-refractivity contribution in [3.8, 4) is 5.75 Å². The van der Waals surface area contributed by atoms with Crippen LogP contribution in [-0.4, -0.2) is 28.1 Å². The van der Waals surface area contributed by atoms with E-state index < -0.39 is 0 Å². The van der Waals surface area contributed by atoms with Gasteiger partial charge >= 0.3 is 0 Å². The summed E-state index contributed by atoms with van der Waals surface area (Å²) in [7, 11) is 1.50. The Kier molecular flexibility index (Phi) is 1.43. The number of hydrogen-bond acceptors (Lipinski definition) is 4. The minimum atomic E-state index is -0.183. The van der Waals surface area contributed by atoms with Crippen LogP contribution in [0, 0.1) is 0 Å². The van der Waals surface area contributed by atoms with Gasteiger partial charge in [-0.25, -0.2) is 4.98 Å². The fraction of sp³-hybridized carbons (Fsp3) is 0.154. The van der Waals surface area contributed by atoms with E-state index in [4.69, 9.17) is 4.74 Å². The molecule has 18 heavy (non-hydrogen) atoms. The largest absolute Gasteiger partial charge is 0.494 e. The smallest absolute Gasteiger partial charge is 0.206 e. The van der Waals surface area contributed by atoms with E-state index in [0.717, 1.165) is 16.6 Å². The van der Waals surface area contributed by atoms with Gasteiger partial charge in [-0.1, -0.05) is 0 Å². The molecule has 0 unspecified atom stereocenters. The molecule has 3 heterocycles. The van der Waals surface area contributed by atoms with Crippen LogP contribution in [0.15, 0.2) is 17.8 Å². The van der Waals surface area contributed by atoms with Crippen molar-refractivity contribution < 1.29 is 14.3 Å². The van der Waals surface area contributed by atoms with Gasteiger partial charge in [0.1, 0.15) is 22.2 Å². The number of fused-ring (bicyclic) bond motifs is 5. The first-order valence-electron chi connectivity index (χ1n) is 5.54. The number of ether oxygens (including phenoxy) is 1. The molecular weight excluding hydrogens is 232 g/mol. The molecule has 0 saturated carbocycles. The van der Waals surface area contributed by atoms with Crippen molar-refractivity contribution in [3.05, 3.63) is 29.1 Å². The standard InChI is InChI=1S/C13H8N2O3/c1-5-3-7(16)8-10(12(5)17)15-4-6-9(14-6)11(15)13(8)18-2/h3-4H,1-2H3. The quantitative estimate of drug-likeness (QED) is 0.649. The van der Waals surface area contributed by atoms with Crippen molar-refractivity contribution in [1.29, 1.82) is 0 Å². The molecule has 1 aliphatic carbocycles. The Hall–Kier alpha value is -2.43. The van der Waals surface area contributed by atoms with Gasteiger partial charge in [0, 0.05) is 11.8 Å². The molecule has 0 bridgehead atoms. The summed E-state index contributed by atoms with van der Waals surface area (Å²) >= 11 is 0. The molecule has 4 rings (SSSR count). The number of nitrogens with zero attached hydrogens (tertiary/aromatic N) is 2. The van der Waals surface area contributed by atoms with Crippen molar-refractivity contribution in [3.63, 3.8) is 0 Å². The molecular formula is C13H8N2O3. The first-order valence-corrected chi connectivity index (χ1v) is 5.54. The number of methoxy groups -OCH3 is 1. The summed E-state index contributed by atoms with van der Waals surface area (Å²) in [5, 5.41) is 0. The van der Waals surface area contributed by atoms with Crippen molar-refractivity contribution >= 4 is 28.1 Å². The third-order valence-corrected chi connectivity index (χ3v) is 3.43. The van der Waals surface area contributed by atoms with Gasteiger partial charge in [-0.05, 0) is 13.0 Å². The predicted molar refractivity (Wildman–Crippen MR) is 64.0 cm³/mol. The molecule has 3 aromatic rings. The Morgan fingerprint density at radius 2 is 2.11 bits per heavy atom. The molecule has 3 aromatic heterocycles. The van der Waals surface area contributed by atoms with Crippen LogP contribution in [0.5, 0.6) is 5.75 Å². The number of aromatic nitrogens is 2. The Morgan fingerprint density at radius 1 is 1.33 bits per heavy atom. The fourth-order valence-corrected chi connectivity index (χ4v) is 2.57. The lowest BCUT2D eigenvalue weighted by atomic mass is 9.95. The van der Waals surface area contributed by atoms with Crippen molar-refractivity contribution in [2.24, 2.45) is 0 Å². The lowest BCUT2D eigenvalue weighted by Crippen LogP contribution is -2.16. The maximum Gasteiger partial charge on any atom is 0.206 e. The Morgan fingerprint density at radius 3 is 2.83 bits per heavy atom. The maximum atomic E-state index is 12.2. The minimum absolute atomic E-state index is 0.132. The molecule has 0 amide bonds. The summed E-state index contributed by atoms with van der Waals surface area (Å²) in [4.78, 5) is 28.4. The molecule has 0 aromatic carbocycles. The Bertz CT molecular complexity index is 856. The number of hydrogen-bond donors (Lipinski definition) is 0. The predicted octanol–water partition coefficient (Wildman–Crippen LogP) is 1.70. The fourth-order valence-electron chi connectivity index (χ4n) is 2.57. The van der Waals surface area contributed by atoms with Gasteiger partial charge in [-0.3, -0.25) is 9.59 Å². The lowest BCUT2D eigenvalue weighted by molar-refractivity contribution is 0.0979. The van der Waals surface area contributed by atoms with E-state index in [1.54, 1.807) is 17.5 Å². The van der Waals surface area contributed by atoms with E-state index in [9.17, 15) is 9.59 Å². The molecule has 5 nitrogen and oxygen atoms in total. The molecule has 0 N–H and O–H groups in total. The van der Waals surface area contributed by atoms with Crippen LogP contribution in [0.2, 0.25) is 0 Å². The van der Waals surface area contributed by atoms with Gasteiger partial charge in [-0.15, -0.1) is 0 Å². The number of Topliss-reactive ketones (excluding diaryl/α,β-unsaturated/α-hetero) is 1. The second-order valence-electron chi connectivity index (χ2n) is 4.47. The first kappa shape index (κ1) is 9.58. The third-order valence-electron chi connectivity index (χ3n) is 3.43. The second-order valence-corrected chi connectivity index (χ2v) is 4.47. The van der Waals surface area contributed by atoms with Crippen LogP contribution >= 0.6 is 0 Å².